The third-order valence-corrected chi connectivity index (χ3v) is 5.21. The fourth-order valence-electron chi connectivity index (χ4n) is 3.78. The molecule has 0 amide bonds. The van der Waals surface area contributed by atoms with Crippen LogP contribution in [0.2, 0.25) is 0 Å². The third kappa shape index (κ3) is 4.09. The Morgan fingerprint density at radius 1 is 1.10 bits per heavy atom. The summed E-state index contributed by atoms with van der Waals surface area (Å²) >= 11 is 0. The van der Waals surface area contributed by atoms with E-state index in [-0.39, 0.29) is 0 Å². The number of hydrogen-bond donors (Lipinski definition) is 1. The fraction of sp³-hybridized carbons (Fsp3) is 0.684. The van der Waals surface area contributed by atoms with Gasteiger partial charge < -0.3 is 5.32 Å². The summed E-state index contributed by atoms with van der Waals surface area (Å²) in [5, 5.41) is 3.41. The normalized spacial score (nSPS) is 26.9. The molecule has 0 spiro atoms. The molecule has 1 aliphatic rings. The zero-order chi connectivity index (χ0) is 14.5. The van der Waals surface area contributed by atoms with Crippen LogP contribution < -0.4 is 5.32 Å². The molecule has 0 heterocycles. The highest BCUT2D eigenvalue weighted by Gasteiger charge is 2.31. The Morgan fingerprint density at radius 2 is 1.80 bits per heavy atom. The van der Waals surface area contributed by atoms with E-state index >= 15 is 0 Å². The second-order valence-corrected chi connectivity index (χ2v) is 7.08. The molecule has 3 unspecified atom stereocenters. The average molecular weight is 273 g/mol. The van der Waals surface area contributed by atoms with Gasteiger partial charge in [-0.15, -0.1) is 0 Å². The minimum Gasteiger partial charge on any atom is -0.319 e. The second kappa shape index (κ2) is 7.26. The molecule has 1 aromatic rings. The second-order valence-electron chi connectivity index (χ2n) is 7.08. The molecule has 1 aromatic carbocycles. The fourth-order valence-corrected chi connectivity index (χ4v) is 3.78. The molecule has 20 heavy (non-hydrogen) atoms. The van der Waals surface area contributed by atoms with Crippen LogP contribution in [0.5, 0.6) is 0 Å². The van der Waals surface area contributed by atoms with Crippen LogP contribution in [0.1, 0.15) is 44.2 Å². The molecule has 1 nitrogen and oxygen atoms in total. The molecule has 0 aliphatic heterocycles. The molecular weight excluding hydrogens is 242 g/mol. The summed E-state index contributed by atoms with van der Waals surface area (Å²) in [6, 6.07) is 9.16. The van der Waals surface area contributed by atoms with Gasteiger partial charge in [0.1, 0.15) is 0 Å². The average Bonchev–Trinajstić information content (AvgIpc) is 2.43. The molecule has 3 atom stereocenters. The first-order chi connectivity index (χ1) is 9.60. The predicted molar refractivity (Wildman–Crippen MR) is 88.0 cm³/mol. The Bertz CT molecular complexity index is 393. The summed E-state index contributed by atoms with van der Waals surface area (Å²) in [6.45, 7) is 8.14. The first-order valence-electron chi connectivity index (χ1n) is 8.30. The lowest BCUT2D eigenvalue weighted by atomic mass is 9.68. The van der Waals surface area contributed by atoms with Gasteiger partial charge in [0, 0.05) is 0 Å². The van der Waals surface area contributed by atoms with Crippen molar-refractivity contribution in [2.75, 3.05) is 13.6 Å². The first kappa shape index (κ1) is 15.6. The monoisotopic (exact) mass is 273 g/mol. The molecule has 112 valence electrons. The van der Waals surface area contributed by atoms with Gasteiger partial charge in [0.2, 0.25) is 0 Å². The number of aryl methyl sites for hydroxylation is 1. The van der Waals surface area contributed by atoms with E-state index in [4.69, 9.17) is 0 Å². The van der Waals surface area contributed by atoms with Crippen LogP contribution in [0.3, 0.4) is 0 Å². The maximum absolute atomic E-state index is 3.41. The van der Waals surface area contributed by atoms with E-state index < -0.39 is 0 Å². The molecule has 1 N–H and O–H groups in total. The van der Waals surface area contributed by atoms with Crippen LogP contribution in [0, 0.1) is 30.6 Å². The summed E-state index contributed by atoms with van der Waals surface area (Å²) in [5.74, 6) is 3.48. The summed E-state index contributed by atoms with van der Waals surface area (Å²) in [4.78, 5) is 0. The number of benzene rings is 1. The lowest BCUT2D eigenvalue weighted by Gasteiger charge is -2.38. The summed E-state index contributed by atoms with van der Waals surface area (Å²) in [5.41, 5.74) is 2.88. The lowest BCUT2D eigenvalue weighted by molar-refractivity contribution is 0.146. The van der Waals surface area contributed by atoms with Crippen molar-refractivity contribution in [1.29, 1.82) is 0 Å². The molecule has 1 fully saturated rings. The largest absolute Gasteiger partial charge is 0.319 e. The van der Waals surface area contributed by atoms with Crippen LogP contribution in [-0.4, -0.2) is 13.6 Å². The SMILES string of the molecule is CNCC1CCC(C(C)C)CC1Cc1ccc(C)cc1. The van der Waals surface area contributed by atoms with Crippen molar-refractivity contribution in [3.8, 4) is 0 Å². The quantitative estimate of drug-likeness (QED) is 0.836. The van der Waals surface area contributed by atoms with E-state index in [0.29, 0.717) is 0 Å². The highest BCUT2D eigenvalue weighted by molar-refractivity contribution is 5.21. The van der Waals surface area contributed by atoms with Crippen LogP contribution in [0.15, 0.2) is 24.3 Å². The van der Waals surface area contributed by atoms with Gasteiger partial charge in [-0.05, 0) is 75.4 Å². The van der Waals surface area contributed by atoms with Crippen LogP contribution in [0.25, 0.3) is 0 Å². The molecule has 0 saturated heterocycles. The van der Waals surface area contributed by atoms with E-state index in [2.05, 4.69) is 57.4 Å². The van der Waals surface area contributed by atoms with Crippen molar-refractivity contribution in [2.24, 2.45) is 23.7 Å². The van der Waals surface area contributed by atoms with Crippen molar-refractivity contribution in [1.82, 2.24) is 5.32 Å². The van der Waals surface area contributed by atoms with Crippen LogP contribution in [-0.2, 0) is 6.42 Å². The van der Waals surface area contributed by atoms with Gasteiger partial charge in [0.15, 0.2) is 0 Å². The molecule has 0 aromatic heterocycles. The van der Waals surface area contributed by atoms with E-state index in [1.54, 1.807) is 0 Å². The van der Waals surface area contributed by atoms with Crippen molar-refractivity contribution >= 4 is 0 Å². The summed E-state index contributed by atoms with van der Waals surface area (Å²) in [6.07, 6.45) is 5.50. The number of hydrogen-bond acceptors (Lipinski definition) is 1. The molecule has 0 bridgehead atoms. The van der Waals surface area contributed by atoms with Crippen molar-refractivity contribution in [3.63, 3.8) is 0 Å². The zero-order valence-corrected chi connectivity index (χ0v) is 13.7. The van der Waals surface area contributed by atoms with E-state index in [9.17, 15) is 0 Å². The molecule has 1 saturated carbocycles. The van der Waals surface area contributed by atoms with E-state index in [1.807, 2.05) is 0 Å². The lowest BCUT2D eigenvalue weighted by Crippen LogP contribution is -2.34. The topological polar surface area (TPSA) is 12.0 Å². The molecule has 1 aliphatic carbocycles. The van der Waals surface area contributed by atoms with Gasteiger partial charge >= 0.3 is 0 Å². The van der Waals surface area contributed by atoms with Gasteiger partial charge in [0.05, 0.1) is 0 Å². The van der Waals surface area contributed by atoms with Crippen LogP contribution >= 0.6 is 0 Å². The first-order valence-corrected chi connectivity index (χ1v) is 8.30. The van der Waals surface area contributed by atoms with E-state index in [1.165, 1.54) is 43.4 Å². The van der Waals surface area contributed by atoms with Gasteiger partial charge in [-0.1, -0.05) is 43.7 Å². The Kier molecular flexibility index (Phi) is 5.65. The van der Waals surface area contributed by atoms with Gasteiger partial charge in [0.25, 0.3) is 0 Å². The highest BCUT2D eigenvalue weighted by Crippen LogP contribution is 2.38. The standard InChI is InChI=1S/C19H31N/c1-14(2)17-9-10-18(13-20-4)19(12-17)11-16-7-5-15(3)6-8-16/h5-8,14,17-20H,9-13H2,1-4H3. The van der Waals surface area contributed by atoms with Crippen molar-refractivity contribution in [2.45, 2.75) is 46.5 Å². The van der Waals surface area contributed by atoms with Gasteiger partial charge in [-0.3, -0.25) is 0 Å². The van der Waals surface area contributed by atoms with Crippen LogP contribution in [0.4, 0.5) is 0 Å². The Hall–Kier alpha value is -0.820. The van der Waals surface area contributed by atoms with Crippen molar-refractivity contribution in [3.05, 3.63) is 35.4 Å². The van der Waals surface area contributed by atoms with Crippen molar-refractivity contribution < 1.29 is 0 Å². The van der Waals surface area contributed by atoms with Gasteiger partial charge in [-0.25, -0.2) is 0 Å². The Morgan fingerprint density at radius 3 is 2.40 bits per heavy atom. The number of nitrogens with one attached hydrogen (secondary N) is 1. The minimum atomic E-state index is 0.839. The summed E-state index contributed by atoms with van der Waals surface area (Å²) < 4.78 is 0. The third-order valence-electron chi connectivity index (χ3n) is 5.21. The van der Waals surface area contributed by atoms with E-state index in [0.717, 1.165) is 23.7 Å². The predicted octanol–water partition coefficient (Wildman–Crippen LogP) is 4.45. The minimum absolute atomic E-state index is 0.839. The molecular formula is C19H31N. The Labute approximate surface area is 125 Å². The zero-order valence-electron chi connectivity index (χ0n) is 13.7. The molecule has 0 radical (unpaired) electrons. The molecule has 1 heteroatoms. The maximum Gasteiger partial charge on any atom is -0.00208 e. The highest BCUT2D eigenvalue weighted by atomic mass is 14.8. The maximum atomic E-state index is 3.41. The Balaban J connectivity index is 2.04. The van der Waals surface area contributed by atoms with Gasteiger partial charge in [-0.2, -0.15) is 0 Å². The number of rotatable bonds is 5. The molecule has 2 rings (SSSR count). The summed E-state index contributed by atoms with van der Waals surface area (Å²) in [7, 11) is 2.09. The smallest absolute Gasteiger partial charge is 0.00208 e.